The van der Waals surface area contributed by atoms with Gasteiger partial charge in [-0.15, -0.1) is 0 Å². The van der Waals surface area contributed by atoms with E-state index < -0.39 is 0 Å². The van der Waals surface area contributed by atoms with E-state index in [0.717, 1.165) is 89.7 Å². The quantitative estimate of drug-likeness (QED) is 0.119. The van der Waals surface area contributed by atoms with Gasteiger partial charge >= 0.3 is 0 Å². The van der Waals surface area contributed by atoms with E-state index in [0.29, 0.717) is 0 Å². The van der Waals surface area contributed by atoms with Crippen LogP contribution in [0, 0.1) is 0 Å². The van der Waals surface area contributed by atoms with Gasteiger partial charge in [0.15, 0.2) is 0 Å². The zero-order valence-electron chi connectivity index (χ0n) is 32.7. The Kier molecular flexibility index (Phi) is 8.92. The Morgan fingerprint density at radius 1 is 0.350 bits per heavy atom. The van der Waals surface area contributed by atoms with Gasteiger partial charge in [-0.05, 0) is 83.0 Å². The average Bonchev–Trinajstić information content (AvgIpc) is 4.16. The number of aliphatic imine (C=N–C) groups is 2. The molecule has 0 spiro atoms. The van der Waals surface area contributed by atoms with Crippen molar-refractivity contribution < 1.29 is 0 Å². The van der Waals surface area contributed by atoms with Gasteiger partial charge in [-0.2, -0.15) is 0 Å². The molecule has 0 aliphatic carbocycles. The van der Waals surface area contributed by atoms with E-state index in [2.05, 4.69) is 225 Å². The molecule has 8 nitrogen and oxygen atoms in total. The van der Waals surface area contributed by atoms with Crippen molar-refractivity contribution in [2.45, 2.75) is 24.4 Å². The van der Waals surface area contributed by atoms with E-state index in [4.69, 9.17) is 9.98 Å². The van der Waals surface area contributed by atoms with Crippen LogP contribution in [0.25, 0.3) is 22.3 Å². The number of nitrogens with one attached hydrogen (secondary N) is 6. The van der Waals surface area contributed by atoms with Gasteiger partial charge in [-0.1, -0.05) is 133 Å². The van der Waals surface area contributed by atoms with Crippen LogP contribution >= 0.6 is 0 Å². The summed E-state index contributed by atoms with van der Waals surface area (Å²) in [6, 6.07) is 50.8. The van der Waals surface area contributed by atoms with Crippen molar-refractivity contribution in [3.63, 3.8) is 0 Å². The van der Waals surface area contributed by atoms with E-state index >= 15 is 0 Å². The topological polar surface area (TPSA) is 104 Å². The third kappa shape index (κ3) is 6.73. The van der Waals surface area contributed by atoms with Gasteiger partial charge in [0, 0.05) is 55.8 Å². The number of hydrogen-bond donors (Lipinski definition) is 6. The van der Waals surface area contributed by atoms with Gasteiger partial charge in [0.25, 0.3) is 0 Å². The van der Waals surface area contributed by atoms with Crippen molar-refractivity contribution in [3.05, 3.63) is 250 Å². The Hall–Kier alpha value is -7.84. The molecule has 4 unspecified atom stereocenters. The average molecular weight is 779 g/mol. The molecule has 11 rings (SSSR count). The lowest BCUT2D eigenvalue weighted by atomic mass is 9.99. The molecule has 60 heavy (non-hydrogen) atoms. The van der Waals surface area contributed by atoms with E-state index in [-0.39, 0.29) is 24.4 Å². The Bertz CT molecular complexity index is 2780. The lowest BCUT2D eigenvalue weighted by Gasteiger charge is -2.18. The summed E-state index contributed by atoms with van der Waals surface area (Å²) in [6.45, 7) is 0. The molecule has 0 amide bonds. The number of rotatable bonds is 4. The molecule has 12 bridgehead atoms. The first kappa shape index (κ1) is 35.3. The molecule has 6 N–H and O–H groups in total. The second-order valence-electron chi connectivity index (χ2n) is 15.3. The summed E-state index contributed by atoms with van der Waals surface area (Å²) in [6.07, 6.45) is 16.6. The summed E-state index contributed by atoms with van der Waals surface area (Å²) in [4.78, 5) is 18.0. The van der Waals surface area contributed by atoms with Crippen LogP contribution in [0.3, 0.4) is 0 Å². The smallest absolute Gasteiger partial charge is 0.140 e. The Labute approximate surface area is 348 Å². The zero-order valence-corrected chi connectivity index (χ0v) is 32.7. The Morgan fingerprint density at radius 3 is 1.17 bits per heavy atom. The lowest BCUT2D eigenvalue weighted by molar-refractivity contribution is 0.740. The van der Waals surface area contributed by atoms with Crippen LogP contribution in [0.15, 0.2) is 216 Å². The molecule has 5 aliphatic rings. The summed E-state index contributed by atoms with van der Waals surface area (Å²) >= 11 is 0. The maximum Gasteiger partial charge on any atom is 0.140 e. The lowest BCUT2D eigenvalue weighted by Crippen LogP contribution is -2.35. The number of hydrogen-bond acceptors (Lipinski definition) is 6. The minimum absolute atomic E-state index is 0.104. The number of H-pyrrole nitrogens is 2. The van der Waals surface area contributed by atoms with Gasteiger partial charge in [0.1, 0.15) is 24.0 Å². The predicted octanol–water partition coefficient (Wildman–Crippen LogP) is 6.80. The standard InChI is InChI=1S/C52H42N8/c1-5-13-33(14-6-1)49-37-21-22-38(53-37)50(34-15-7-2-8-16-34)42-26-31-47(56-42)60-48-32-28-44(58-48)52(36-19-11-4-12-20-36)40-24-23-39(54-40)51(35-17-9-3-10-18-35)43-27-30-46(57-43)59-45-29-25-41(49)55-45/h1-32,41-42,46,48,53-54,57-58H,(H,55,59)(H,56,60)/b49-37+,50-38+,51-43-,52-44-. The molecule has 8 heteroatoms. The zero-order chi connectivity index (χ0) is 39.8. The summed E-state index contributed by atoms with van der Waals surface area (Å²) < 4.78 is 0. The molecular weight excluding hydrogens is 737 g/mol. The number of allylic oxidation sites excluding steroid dienone is 2. The highest BCUT2D eigenvalue weighted by Crippen LogP contribution is 2.34. The number of aromatic nitrogens is 2. The fraction of sp³-hybridized carbons (Fsp3) is 0.0769. The molecule has 7 heterocycles. The minimum Gasteiger partial charge on any atom is -0.360 e. The van der Waals surface area contributed by atoms with Crippen LogP contribution in [0.4, 0.5) is 0 Å². The van der Waals surface area contributed by atoms with Crippen molar-refractivity contribution >= 4 is 34.0 Å². The van der Waals surface area contributed by atoms with Gasteiger partial charge in [-0.3, -0.25) is 0 Å². The molecule has 4 atom stereocenters. The number of fused-ring (bicyclic) bond motifs is 12. The van der Waals surface area contributed by atoms with Crippen LogP contribution in [0.2, 0.25) is 0 Å². The Balaban J connectivity index is 1.08. The normalized spacial score (nSPS) is 27.5. The second-order valence-corrected chi connectivity index (χ2v) is 15.3. The first-order valence-electron chi connectivity index (χ1n) is 20.5. The van der Waals surface area contributed by atoms with E-state index in [9.17, 15) is 0 Å². The predicted molar refractivity (Wildman–Crippen MR) is 243 cm³/mol. The van der Waals surface area contributed by atoms with Gasteiger partial charge in [0.05, 0.1) is 12.1 Å². The van der Waals surface area contributed by atoms with Gasteiger partial charge < -0.3 is 31.2 Å². The summed E-state index contributed by atoms with van der Waals surface area (Å²) in [5, 5.41) is 17.0. The molecule has 290 valence electrons. The maximum atomic E-state index is 5.18. The van der Waals surface area contributed by atoms with Gasteiger partial charge in [0.2, 0.25) is 0 Å². The molecular formula is C52H42N8. The van der Waals surface area contributed by atoms with Crippen LogP contribution in [-0.4, -0.2) is 46.1 Å². The maximum absolute atomic E-state index is 5.18. The SMILES string of the molecule is C1=CC2N/C1=N\C1C=C/C(=C(\c3ccccc3)c3ccc([nH]3)/C(c3ccccc3)=C3/C=CC(/N=C4/C=CC(N4)/C(c4ccccc4)=c4\cc/c([nH]4)=C\2c2ccccc2)N3)N1. The first-order valence-corrected chi connectivity index (χ1v) is 20.5. The van der Waals surface area contributed by atoms with Crippen molar-refractivity contribution in [3.8, 4) is 0 Å². The molecule has 5 aliphatic heterocycles. The van der Waals surface area contributed by atoms with Crippen LogP contribution in [0.1, 0.15) is 33.6 Å². The Morgan fingerprint density at radius 2 is 0.750 bits per heavy atom. The molecule has 4 aromatic carbocycles. The fourth-order valence-electron chi connectivity index (χ4n) is 8.79. The number of nitrogens with zero attached hydrogens (tertiary/aromatic N) is 2. The largest absolute Gasteiger partial charge is 0.360 e. The highest BCUT2D eigenvalue weighted by atomic mass is 15.2. The summed E-state index contributed by atoms with van der Waals surface area (Å²) in [7, 11) is 0. The number of amidine groups is 2. The highest BCUT2D eigenvalue weighted by Gasteiger charge is 2.26. The monoisotopic (exact) mass is 778 g/mol. The minimum atomic E-state index is -0.256. The van der Waals surface area contributed by atoms with Crippen molar-refractivity contribution in [1.82, 2.24) is 31.2 Å². The summed E-state index contributed by atoms with van der Waals surface area (Å²) in [5.74, 6) is 1.64. The third-order valence-corrected chi connectivity index (χ3v) is 11.5. The molecule has 0 fully saturated rings. The molecule has 0 saturated heterocycles. The second kappa shape index (κ2) is 15.2. The van der Waals surface area contributed by atoms with Crippen molar-refractivity contribution in [2.24, 2.45) is 9.98 Å². The van der Waals surface area contributed by atoms with Crippen molar-refractivity contribution in [1.29, 1.82) is 0 Å². The number of benzene rings is 4. The molecule has 0 radical (unpaired) electrons. The fourth-order valence-corrected chi connectivity index (χ4v) is 8.79. The number of aromatic amines is 2. The molecule has 2 aromatic heterocycles. The third-order valence-electron chi connectivity index (χ3n) is 11.5. The van der Waals surface area contributed by atoms with Crippen LogP contribution in [-0.2, 0) is 0 Å². The van der Waals surface area contributed by atoms with Crippen LogP contribution < -0.4 is 32.0 Å². The highest BCUT2D eigenvalue weighted by molar-refractivity contribution is 5.99. The van der Waals surface area contributed by atoms with E-state index in [1.54, 1.807) is 0 Å². The van der Waals surface area contributed by atoms with Gasteiger partial charge in [-0.25, -0.2) is 9.98 Å². The van der Waals surface area contributed by atoms with Crippen molar-refractivity contribution in [2.75, 3.05) is 0 Å². The van der Waals surface area contributed by atoms with Crippen LogP contribution in [0.5, 0.6) is 0 Å². The van der Waals surface area contributed by atoms with E-state index in [1.165, 1.54) is 0 Å². The molecule has 6 aromatic rings. The summed E-state index contributed by atoms with van der Waals surface area (Å²) in [5.41, 5.74) is 12.9. The first-order chi connectivity index (χ1) is 29.7. The van der Waals surface area contributed by atoms with E-state index in [1.807, 2.05) is 0 Å². The molecule has 0 saturated carbocycles.